The predicted molar refractivity (Wildman–Crippen MR) is 37.4 cm³/mol. The SMILES string of the molecule is CC(C)(C)C1(F)CCC1F. The Morgan fingerprint density at radius 2 is 1.90 bits per heavy atom. The van der Waals surface area contributed by atoms with E-state index in [1.165, 1.54) is 0 Å². The molecule has 2 heteroatoms. The van der Waals surface area contributed by atoms with Crippen molar-refractivity contribution in [3.05, 3.63) is 0 Å². The minimum Gasteiger partial charge on any atom is -0.244 e. The predicted octanol–water partition coefficient (Wildman–Crippen LogP) is 2.87. The van der Waals surface area contributed by atoms with E-state index in [0.717, 1.165) is 0 Å². The van der Waals surface area contributed by atoms with Crippen LogP contribution in [0.25, 0.3) is 0 Å². The quantitative estimate of drug-likeness (QED) is 0.495. The maximum absolute atomic E-state index is 13.4. The van der Waals surface area contributed by atoms with Gasteiger partial charge in [-0.05, 0) is 18.3 Å². The van der Waals surface area contributed by atoms with Crippen molar-refractivity contribution in [1.29, 1.82) is 0 Å². The summed E-state index contributed by atoms with van der Waals surface area (Å²) in [4.78, 5) is 0. The molecule has 0 N–H and O–H groups in total. The van der Waals surface area contributed by atoms with Crippen molar-refractivity contribution >= 4 is 0 Å². The fraction of sp³-hybridized carbons (Fsp3) is 1.00. The normalized spacial score (nSPS) is 41.1. The van der Waals surface area contributed by atoms with Crippen LogP contribution in [0, 0.1) is 5.41 Å². The molecular formula is C8H14F2. The summed E-state index contributed by atoms with van der Waals surface area (Å²) in [5.41, 5.74) is -2.09. The van der Waals surface area contributed by atoms with Gasteiger partial charge in [-0.1, -0.05) is 20.8 Å². The molecule has 2 unspecified atom stereocenters. The van der Waals surface area contributed by atoms with Crippen LogP contribution in [0.3, 0.4) is 0 Å². The average molecular weight is 148 g/mol. The van der Waals surface area contributed by atoms with Crippen molar-refractivity contribution in [3.8, 4) is 0 Å². The maximum Gasteiger partial charge on any atom is 0.146 e. The van der Waals surface area contributed by atoms with Gasteiger partial charge in [0.15, 0.2) is 0 Å². The Kier molecular flexibility index (Phi) is 1.53. The van der Waals surface area contributed by atoms with Crippen LogP contribution in [0.5, 0.6) is 0 Å². The summed E-state index contributed by atoms with van der Waals surface area (Å²) in [6, 6.07) is 0. The standard InChI is InChI=1S/C8H14F2/c1-7(2,3)8(10)5-4-6(8)9/h6H,4-5H2,1-3H3. The molecule has 0 aromatic rings. The third kappa shape index (κ3) is 0.850. The highest BCUT2D eigenvalue weighted by Crippen LogP contribution is 2.50. The van der Waals surface area contributed by atoms with Gasteiger partial charge >= 0.3 is 0 Å². The summed E-state index contributed by atoms with van der Waals surface area (Å²) >= 11 is 0. The van der Waals surface area contributed by atoms with Gasteiger partial charge in [-0.25, -0.2) is 8.78 Å². The monoisotopic (exact) mass is 148 g/mol. The summed E-state index contributed by atoms with van der Waals surface area (Å²) in [6.07, 6.45) is -0.446. The summed E-state index contributed by atoms with van der Waals surface area (Å²) in [7, 11) is 0. The van der Waals surface area contributed by atoms with Crippen LogP contribution in [0.1, 0.15) is 33.6 Å². The molecule has 1 aliphatic rings. The molecule has 0 aromatic heterocycles. The van der Waals surface area contributed by atoms with E-state index in [1.54, 1.807) is 20.8 Å². The molecule has 2 atom stereocenters. The van der Waals surface area contributed by atoms with E-state index in [1.807, 2.05) is 0 Å². The second-order valence-corrected chi connectivity index (χ2v) is 4.12. The average Bonchev–Trinajstić information content (AvgIpc) is 1.80. The molecule has 0 heterocycles. The fourth-order valence-corrected chi connectivity index (χ4v) is 1.35. The number of hydrogen-bond acceptors (Lipinski definition) is 0. The Balaban J connectivity index is 2.70. The molecule has 60 valence electrons. The van der Waals surface area contributed by atoms with Gasteiger partial charge in [-0.15, -0.1) is 0 Å². The molecule has 0 bridgehead atoms. The topological polar surface area (TPSA) is 0 Å². The lowest BCUT2D eigenvalue weighted by Crippen LogP contribution is -2.54. The molecule has 1 saturated carbocycles. The van der Waals surface area contributed by atoms with Gasteiger partial charge in [-0.2, -0.15) is 0 Å². The molecule has 10 heavy (non-hydrogen) atoms. The molecule has 1 fully saturated rings. The summed E-state index contributed by atoms with van der Waals surface area (Å²) in [5.74, 6) is 0. The zero-order valence-electron chi connectivity index (χ0n) is 6.75. The third-order valence-corrected chi connectivity index (χ3v) is 2.50. The number of hydrogen-bond donors (Lipinski definition) is 0. The van der Waals surface area contributed by atoms with E-state index in [-0.39, 0.29) is 0 Å². The van der Waals surface area contributed by atoms with Crippen molar-refractivity contribution in [2.75, 3.05) is 0 Å². The van der Waals surface area contributed by atoms with Gasteiger partial charge in [0.1, 0.15) is 11.8 Å². The van der Waals surface area contributed by atoms with E-state index in [2.05, 4.69) is 0 Å². The Morgan fingerprint density at radius 1 is 1.40 bits per heavy atom. The number of alkyl halides is 2. The van der Waals surface area contributed by atoms with Crippen molar-refractivity contribution in [2.24, 2.45) is 5.41 Å². The molecule has 0 radical (unpaired) electrons. The van der Waals surface area contributed by atoms with Crippen LogP contribution in [-0.2, 0) is 0 Å². The highest BCUT2D eigenvalue weighted by molar-refractivity contribution is 5.04. The van der Waals surface area contributed by atoms with Crippen molar-refractivity contribution in [2.45, 2.75) is 45.5 Å². The number of rotatable bonds is 0. The molecule has 1 rings (SSSR count). The van der Waals surface area contributed by atoms with E-state index in [9.17, 15) is 8.78 Å². The minimum absolute atomic E-state index is 0.387. The number of halogens is 2. The van der Waals surface area contributed by atoms with Gasteiger partial charge in [0.05, 0.1) is 0 Å². The highest BCUT2D eigenvalue weighted by Gasteiger charge is 2.55. The van der Waals surface area contributed by atoms with Crippen molar-refractivity contribution in [3.63, 3.8) is 0 Å². The van der Waals surface area contributed by atoms with Crippen LogP contribution in [0.15, 0.2) is 0 Å². The summed E-state index contributed by atoms with van der Waals surface area (Å²) < 4.78 is 26.1. The van der Waals surface area contributed by atoms with Crippen LogP contribution < -0.4 is 0 Å². The van der Waals surface area contributed by atoms with Crippen LogP contribution in [-0.4, -0.2) is 11.8 Å². The molecule has 0 aliphatic heterocycles. The Labute approximate surface area is 60.6 Å². The van der Waals surface area contributed by atoms with Crippen molar-refractivity contribution < 1.29 is 8.78 Å². The third-order valence-electron chi connectivity index (χ3n) is 2.50. The first-order chi connectivity index (χ1) is 4.38. The highest BCUT2D eigenvalue weighted by atomic mass is 19.2. The summed E-state index contributed by atoms with van der Waals surface area (Å²) in [5, 5.41) is 0. The first kappa shape index (κ1) is 7.96. The lowest BCUT2D eigenvalue weighted by atomic mass is 9.64. The molecule has 1 aliphatic carbocycles. The molecular weight excluding hydrogens is 134 g/mol. The summed E-state index contributed by atoms with van der Waals surface area (Å²) in [6.45, 7) is 5.25. The van der Waals surface area contributed by atoms with Gasteiger partial charge in [0, 0.05) is 0 Å². The molecule has 0 saturated heterocycles. The van der Waals surface area contributed by atoms with Gasteiger partial charge in [-0.3, -0.25) is 0 Å². The maximum atomic E-state index is 13.4. The molecule has 0 spiro atoms. The first-order valence-electron chi connectivity index (χ1n) is 3.71. The van der Waals surface area contributed by atoms with Crippen molar-refractivity contribution in [1.82, 2.24) is 0 Å². The minimum atomic E-state index is -1.55. The van der Waals surface area contributed by atoms with E-state index in [4.69, 9.17) is 0 Å². The Morgan fingerprint density at radius 3 is 1.90 bits per heavy atom. The van der Waals surface area contributed by atoms with E-state index >= 15 is 0 Å². The van der Waals surface area contributed by atoms with Gasteiger partial charge in [0.2, 0.25) is 0 Å². The molecule has 0 aromatic carbocycles. The van der Waals surface area contributed by atoms with E-state index < -0.39 is 17.3 Å². The fourth-order valence-electron chi connectivity index (χ4n) is 1.35. The second kappa shape index (κ2) is 1.93. The van der Waals surface area contributed by atoms with Crippen LogP contribution in [0.4, 0.5) is 8.78 Å². The lowest BCUT2D eigenvalue weighted by molar-refractivity contribution is -0.113. The van der Waals surface area contributed by atoms with E-state index in [0.29, 0.717) is 12.8 Å². The van der Waals surface area contributed by atoms with Gasteiger partial charge in [0.25, 0.3) is 0 Å². The zero-order chi connectivity index (χ0) is 7.99. The first-order valence-corrected chi connectivity index (χ1v) is 3.71. The van der Waals surface area contributed by atoms with Crippen LogP contribution in [0.2, 0.25) is 0 Å². The second-order valence-electron chi connectivity index (χ2n) is 4.12. The smallest absolute Gasteiger partial charge is 0.146 e. The Bertz CT molecular complexity index is 137. The molecule has 0 amide bonds. The van der Waals surface area contributed by atoms with Gasteiger partial charge < -0.3 is 0 Å². The lowest BCUT2D eigenvalue weighted by Gasteiger charge is -2.47. The van der Waals surface area contributed by atoms with Crippen LogP contribution >= 0.6 is 0 Å². The largest absolute Gasteiger partial charge is 0.244 e. The molecule has 0 nitrogen and oxygen atoms in total. The Hall–Kier alpha value is -0.140. The zero-order valence-corrected chi connectivity index (χ0v) is 6.75.